The smallest absolute Gasteiger partial charge is 0.136 e. The molecule has 0 spiro atoms. The van der Waals surface area contributed by atoms with Crippen molar-refractivity contribution in [2.75, 3.05) is 0 Å². The number of rotatable bonds is 0. The van der Waals surface area contributed by atoms with E-state index in [1.165, 1.54) is 0 Å². The van der Waals surface area contributed by atoms with Crippen LogP contribution >= 0.6 is 0 Å². The Hall–Kier alpha value is -0.660. The van der Waals surface area contributed by atoms with Gasteiger partial charge < -0.3 is 0 Å². The summed E-state index contributed by atoms with van der Waals surface area (Å²) in [7, 11) is 0. The molecule has 0 fully saturated rings. The topological polar surface area (TPSA) is 24.7 Å². The largest absolute Gasteiger partial charge is 0.265 e. The number of nitrogens with zero attached hydrogens (tertiary/aromatic N) is 2. The summed E-state index contributed by atoms with van der Waals surface area (Å²) >= 11 is 0. The normalized spacial score (nSPS) is 15.9. The van der Waals surface area contributed by atoms with Crippen LogP contribution in [0.25, 0.3) is 0 Å². The zero-order valence-electron chi connectivity index (χ0n) is 5.63. The van der Waals surface area contributed by atoms with Crippen molar-refractivity contribution >= 4 is 12.4 Å². The van der Waals surface area contributed by atoms with Gasteiger partial charge in [-0.25, -0.2) is 0 Å². The third-order valence-electron chi connectivity index (χ3n) is 0.670. The van der Waals surface area contributed by atoms with Gasteiger partial charge >= 0.3 is 0 Å². The minimum Gasteiger partial charge on any atom is -0.265 e. The fraction of sp³-hybridized carbons (Fsp3) is 0.667. The lowest BCUT2D eigenvalue weighted by Gasteiger charge is -1.84. The highest BCUT2D eigenvalue weighted by molar-refractivity contribution is 6.17. The second-order valence-electron chi connectivity index (χ2n) is 1.23. The van der Waals surface area contributed by atoms with Crippen molar-refractivity contribution in [2.45, 2.75) is 26.9 Å². The lowest BCUT2D eigenvalue weighted by molar-refractivity contribution is 0.818. The van der Waals surface area contributed by atoms with Gasteiger partial charge in [-0.1, -0.05) is 13.8 Å². The molecule has 46 valence electrons. The summed E-state index contributed by atoms with van der Waals surface area (Å²) < 4.78 is 0. The van der Waals surface area contributed by atoms with Crippen molar-refractivity contribution in [1.82, 2.24) is 0 Å². The van der Waals surface area contributed by atoms with Crippen LogP contribution in [-0.4, -0.2) is 18.6 Å². The molecule has 1 aliphatic heterocycles. The van der Waals surface area contributed by atoms with Crippen LogP contribution < -0.4 is 0 Å². The summed E-state index contributed by atoms with van der Waals surface area (Å²) in [4.78, 5) is 7.78. The molecule has 0 saturated heterocycles. The number of aliphatic imine (C=N–C) groups is 2. The maximum atomic E-state index is 3.89. The molecule has 0 atom stereocenters. The van der Waals surface area contributed by atoms with E-state index in [1.54, 1.807) is 12.4 Å². The summed E-state index contributed by atoms with van der Waals surface area (Å²) in [6.45, 7) is 5.94. The van der Waals surface area contributed by atoms with E-state index < -0.39 is 0 Å². The van der Waals surface area contributed by atoms with Crippen molar-refractivity contribution in [3.05, 3.63) is 0 Å². The highest BCUT2D eigenvalue weighted by Gasteiger charge is 1.91. The van der Waals surface area contributed by atoms with E-state index in [4.69, 9.17) is 0 Å². The van der Waals surface area contributed by atoms with E-state index in [-0.39, 0.29) is 6.17 Å². The molecule has 0 aromatic rings. The van der Waals surface area contributed by atoms with Gasteiger partial charge in [-0.15, -0.1) is 0 Å². The average Bonchev–Trinajstić information content (AvgIpc) is 2.24. The quantitative estimate of drug-likeness (QED) is 0.454. The molecule has 0 unspecified atom stereocenters. The van der Waals surface area contributed by atoms with Gasteiger partial charge in [0.05, 0.1) is 0 Å². The molecular weight excluding hydrogens is 100 g/mol. The van der Waals surface area contributed by atoms with Crippen molar-refractivity contribution in [3.8, 4) is 0 Å². The Labute approximate surface area is 50.4 Å². The van der Waals surface area contributed by atoms with Gasteiger partial charge in [-0.2, -0.15) is 0 Å². The van der Waals surface area contributed by atoms with Crippen LogP contribution in [0.5, 0.6) is 0 Å². The monoisotopic (exact) mass is 112 g/mol. The Morgan fingerprint density at radius 3 is 1.62 bits per heavy atom. The first-order valence-electron chi connectivity index (χ1n) is 2.94. The minimum absolute atomic E-state index is 0.185. The number of hydrogen-bond donors (Lipinski definition) is 0. The fourth-order valence-corrected chi connectivity index (χ4v) is 0.365. The molecule has 0 N–H and O–H groups in total. The third-order valence-corrected chi connectivity index (χ3v) is 0.670. The predicted octanol–water partition coefficient (Wildman–Crippen LogP) is 1.51. The van der Waals surface area contributed by atoms with Crippen LogP contribution in [0.3, 0.4) is 0 Å². The van der Waals surface area contributed by atoms with E-state index in [2.05, 4.69) is 9.98 Å². The predicted molar refractivity (Wildman–Crippen MR) is 37.8 cm³/mol. The molecule has 0 saturated carbocycles. The average molecular weight is 112 g/mol. The van der Waals surface area contributed by atoms with Gasteiger partial charge in [-0.05, 0) is 6.92 Å². The summed E-state index contributed by atoms with van der Waals surface area (Å²) in [5, 5.41) is 0. The lowest BCUT2D eigenvalue weighted by Crippen LogP contribution is -1.82. The third kappa shape index (κ3) is 2.50. The van der Waals surface area contributed by atoms with Gasteiger partial charge in [0, 0.05) is 12.4 Å². The molecule has 1 rings (SSSR count). The molecule has 8 heavy (non-hydrogen) atoms. The zero-order chi connectivity index (χ0) is 6.41. The van der Waals surface area contributed by atoms with Gasteiger partial charge in [0.2, 0.25) is 0 Å². The van der Waals surface area contributed by atoms with Crippen LogP contribution in [0, 0.1) is 0 Å². The molecule has 1 aliphatic rings. The van der Waals surface area contributed by atoms with Gasteiger partial charge in [0.1, 0.15) is 6.17 Å². The first kappa shape index (κ1) is 7.34. The Bertz CT molecular complexity index is 82.7. The molecule has 2 nitrogen and oxygen atoms in total. The van der Waals surface area contributed by atoms with Crippen molar-refractivity contribution in [3.63, 3.8) is 0 Å². The summed E-state index contributed by atoms with van der Waals surface area (Å²) in [5.74, 6) is 0. The van der Waals surface area contributed by atoms with Crippen LogP contribution in [0.15, 0.2) is 9.98 Å². The Morgan fingerprint density at radius 2 is 1.50 bits per heavy atom. The van der Waals surface area contributed by atoms with Crippen LogP contribution in [0.4, 0.5) is 0 Å². The van der Waals surface area contributed by atoms with Gasteiger partial charge in [0.25, 0.3) is 0 Å². The van der Waals surface area contributed by atoms with E-state index in [0.717, 1.165) is 0 Å². The molecule has 1 heterocycles. The molecule has 0 radical (unpaired) electrons. The SMILES string of the molecule is CC.CC1N=CC=N1. The molecule has 0 aromatic heterocycles. The van der Waals surface area contributed by atoms with Crippen LogP contribution in [0.1, 0.15) is 20.8 Å². The minimum atomic E-state index is 0.185. The Morgan fingerprint density at radius 1 is 1.12 bits per heavy atom. The highest BCUT2D eigenvalue weighted by Crippen LogP contribution is 1.91. The highest BCUT2D eigenvalue weighted by atomic mass is 15.0. The van der Waals surface area contributed by atoms with Gasteiger partial charge in [-0.3, -0.25) is 9.98 Å². The molecule has 0 amide bonds. The van der Waals surface area contributed by atoms with Crippen LogP contribution in [-0.2, 0) is 0 Å². The van der Waals surface area contributed by atoms with Gasteiger partial charge in [0.15, 0.2) is 0 Å². The van der Waals surface area contributed by atoms with E-state index in [0.29, 0.717) is 0 Å². The molecular formula is C6H12N2. The van der Waals surface area contributed by atoms with E-state index >= 15 is 0 Å². The van der Waals surface area contributed by atoms with E-state index in [9.17, 15) is 0 Å². The lowest BCUT2D eigenvalue weighted by atomic mass is 10.6. The summed E-state index contributed by atoms with van der Waals surface area (Å²) in [6.07, 6.45) is 3.61. The maximum Gasteiger partial charge on any atom is 0.136 e. The standard InChI is InChI=1S/C4H6N2.C2H6/c1-4-5-2-3-6-4;1-2/h2-4H,1H3;1-2H3. The summed E-state index contributed by atoms with van der Waals surface area (Å²) in [6, 6.07) is 0. The molecule has 0 aliphatic carbocycles. The Kier molecular flexibility index (Phi) is 4.13. The fourth-order valence-electron chi connectivity index (χ4n) is 0.365. The first-order chi connectivity index (χ1) is 3.89. The number of hydrogen-bond acceptors (Lipinski definition) is 2. The molecule has 2 heteroatoms. The summed E-state index contributed by atoms with van der Waals surface area (Å²) in [5.41, 5.74) is 0. The van der Waals surface area contributed by atoms with E-state index in [1.807, 2.05) is 20.8 Å². The first-order valence-corrected chi connectivity index (χ1v) is 2.94. The molecule has 0 aromatic carbocycles. The van der Waals surface area contributed by atoms with Crippen molar-refractivity contribution in [1.29, 1.82) is 0 Å². The second-order valence-corrected chi connectivity index (χ2v) is 1.23. The van der Waals surface area contributed by atoms with Crippen LogP contribution in [0.2, 0.25) is 0 Å². The molecule has 0 bridgehead atoms. The zero-order valence-corrected chi connectivity index (χ0v) is 5.63. The maximum absolute atomic E-state index is 3.89. The van der Waals surface area contributed by atoms with Crippen molar-refractivity contribution < 1.29 is 0 Å². The second kappa shape index (κ2) is 4.50. The van der Waals surface area contributed by atoms with Crippen molar-refractivity contribution in [2.24, 2.45) is 9.98 Å². The Balaban J connectivity index is 0.000000222.